The van der Waals surface area contributed by atoms with Gasteiger partial charge >= 0.3 is 0 Å². The number of carbonyl (C=O) groups is 1. The van der Waals surface area contributed by atoms with Crippen LogP contribution in [0, 0.1) is 0 Å². The van der Waals surface area contributed by atoms with E-state index in [1.165, 1.54) is 6.07 Å². The lowest BCUT2D eigenvalue weighted by atomic mass is 10.2. The Morgan fingerprint density at radius 2 is 1.61 bits per heavy atom. The van der Waals surface area contributed by atoms with Crippen molar-refractivity contribution in [2.45, 2.75) is 6.92 Å². The van der Waals surface area contributed by atoms with Crippen molar-refractivity contribution in [1.82, 2.24) is 0 Å². The van der Waals surface area contributed by atoms with Crippen LogP contribution < -0.4 is 19.9 Å². The van der Waals surface area contributed by atoms with Crippen molar-refractivity contribution >= 4 is 17.5 Å². The van der Waals surface area contributed by atoms with Gasteiger partial charge < -0.3 is 19.9 Å². The van der Waals surface area contributed by atoms with Gasteiger partial charge in [-0.15, -0.1) is 0 Å². The Morgan fingerprint density at radius 1 is 1.00 bits per heavy atom. The summed E-state index contributed by atoms with van der Waals surface area (Å²) < 4.78 is 16.4. The molecule has 0 aromatic heterocycles. The summed E-state index contributed by atoms with van der Waals surface area (Å²) in [6.07, 6.45) is 0. The zero-order chi connectivity index (χ0) is 16.7. The zero-order valence-corrected chi connectivity index (χ0v) is 13.5. The Balaban J connectivity index is 1.84. The molecule has 23 heavy (non-hydrogen) atoms. The highest BCUT2D eigenvalue weighted by Gasteiger charge is 2.10. The van der Waals surface area contributed by atoms with Crippen molar-refractivity contribution in [1.29, 1.82) is 0 Å². The van der Waals surface area contributed by atoms with Crippen LogP contribution >= 0.6 is 11.6 Å². The van der Waals surface area contributed by atoms with Crippen LogP contribution in [-0.2, 0) is 0 Å². The third-order valence-electron chi connectivity index (χ3n) is 2.95. The molecule has 1 amide bonds. The van der Waals surface area contributed by atoms with Gasteiger partial charge in [-0.1, -0.05) is 11.6 Å². The summed E-state index contributed by atoms with van der Waals surface area (Å²) in [5.74, 6) is 1.30. The largest absolute Gasteiger partial charge is 0.494 e. The average molecular weight is 336 g/mol. The van der Waals surface area contributed by atoms with Crippen molar-refractivity contribution in [3.05, 3.63) is 53.1 Å². The third-order valence-corrected chi connectivity index (χ3v) is 3.19. The molecule has 0 saturated heterocycles. The second-order valence-corrected chi connectivity index (χ2v) is 5.04. The minimum Gasteiger partial charge on any atom is -0.494 e. The lowest BCUT2D eigenvalue weighted by molar-refractivity contribution is 0.0995. The van der Waals surface area contributed by atoms with Gasteiger partial charge in [-0.25, -0.2) is 0 Å². The summed E-state index contributed by atoms with van der Waals surface area (Å²) in [6.45, 7) is 3.15. The highest BCUT2D eigenvalue weighted by molar-refractivity contribution is 6.31. The highest BCUT2D eigenvalue weighted by atomic mass is 35.5. The van der Waals surface area contributed by atoms with Crippen LogP contribution in [0.15, 0.2) is 42.5 Å². The lowest BCUT2D eigenvalue weighted by Gasteiger charge is -2.11. The Hall–Kier alpha value is -2.40. The smallest absolute Gasteiger partial charge is 0.252 e. The Kier molecular flexibility index (Phi) is 6.11. The lowest BCUT2D eigenvalue weighted by Crippen LogP contribution is -2.15. The first-order valence-electron chi connectivity index (χ1n) is 7.18. The van der Waals surface area contributed by atoms with E-state index in [1.807, 2.05) is 31.2 Å². The highest BCUT2D eigenvalue weighted by Crippen LogP contribution is 2.22. The van der Waals surface area contributed by atoms with Gasteiger partial charge in [0.2, 0.25) is 0 Å². The molecule has 0 bridgehead atoms. The van der Waals surface area contributed by atoms with Crippen molar-refractivity contribution < 1.29 is 19.0 Å². The van der Waals surface area contributed by atoms with Gasteiger partial charge in [0.25, 0.3) is 5.91 Å². The molecule has 2 rings (SSSR count). The SMILES string of the molecule is CCOc1ccc(OCCOc2ccc(Cl)cc2C(N)=O)cc1. The van der Waals surface area contributed by atoms with Crippen LogP contribution in [-0.4, -0.2) is 25.7 Å². The van der Waals surface area contributed by atoms with Gasteiger partial charge in [-0.05, 0) is 49.4 Å². The molecule has 0 aliphatic heterocycles. The zero-order valence-electron chi connectivity index (χ0n) is 12.8. The van der Waals surface area contributed by atoms with Gasteiger partial charge in [0.05, 0.1) is 12.2 Å². The van der Waals surface area contributed by atoms with Crippen LogP contribution in [0.4, 0.5) is 0 Å². The predicted molar refractivity (Wildman–Crippen MR) is 88.6 cm³/mol. The number of hydrogen-bond donors (Lipinski definition) is 1. The molecule has 2 N–H and O–H groups in total. The summed E-state index contributed by atoms with van der Waals surface area (Å²) in [4.78, 5) is 11.4. The monoisotopic (exact) mass is 335 g/mol. The molecule has 0 fully saturated rings. The van der Waals surface area contributed by atoms with E-state index in [0.717, 1.165) is 5.75 Å². The minimum absolute atomic E-state index is 0.249. The molecular weight excluding hydrogens is 318 g/mol. The van der Waals surface area contributed by atoms with Crippen LogP contribution in [0.2, 0.25) is 5.02 Å². The van der Waals surface area contributed by atoms with Gasteiger partial charge in [-0.3, -0.25) is 4.79 Å². The summed E-state index contributed by atoms with van der Waals surface area (Å²) >= 11 is 5.84. The number of carbonyl (C=O) groups excluding carboxylic acids is 1. The van der Waals surface area contributed by atoms with Crippen molar-refractivity contribution in [2.24, 2.45) is 5.73 Å². The van der Waals surface area contributed by atoms with Crippen molar-refractivity contribution in [3.63, 3.8) is 0 Å². The van der Waals surface area contributed by atoms with Gasteiger partial charge in [-0.2, -0.15) is 0 Å². The van der Waals surface area contributed by atoms with Crippen molar-refractivity contribution in [3.8, 4) is 17.2 Å². The van der Waals surface area contributed by atoms with E-state index in [2.05, 4.69) is 0 Å². The van der Waals surface area contributed by atoms with Gasteiger partial charge in [0, 0.05) is 5.02 Å². The summed E-state index contributed by atoms with van der Waals surface area (Å²) in [5, 5.41) is 0.428. The number of rotatable bonds is 8. The molecule has 0 saturated carbocycles. The number of nitrogens with two attached hydrogens (primary N) is 1. The molecule has 0 spiro atoms. The molecule has 0 atom stereocenters. The third kappa shape index (κ3) is 5.07. The van der Waals surface area contributed by atoms with E-state index >= 15 is 0 Å². The van der Waals surface area contributed by atoms with Crippen LogP contribution in [0.1, 0.15) is 17.3 Å². The standard InChI is InChI=1S/C17H18ClNO4/c1-2-21-13-4-6-14(7-5-13)22-9-10-23-16-8-3-12(18)11-15(16)17(19)20/h3-8,11H,2,9-10H2,1H3,(H2,19,20). The fraction of sp³-hybridized carbons (Fsp3) is 0.235. The van der Waals surface area contributed by atoms with E-state index in [0.29, 0.717) is 29.7 Å². The van der Waals surface area contributed by atoms with Crippen LogP contribution in [0.5, 0.6) is 17.2 Å². The topological polar surface area (TPSA) is 70.8 Å². The first kappa shape index (κ1) is 17.0. The fourth-order valence-corrected chi connectivity index (χ4v) is 2.10. The molecule has 6 heteroatoms. The summed E-state index contributed by atoms with van der Waals surface area (Å²) in [5.41, 5.74) is 5.55. The van der Waals surface area contributed by atoms with E-state index in [1.54, 1.807) is 12.1 Å². The number of ether oxygens (including phenoxy) is 3. The predicted octanol–water partition coefficient (Wildman–Crippen LogP) is 3.30. The quantitative estimate of drug-likeness (QED) is 0.751. The fourth-order valence-electron chi connectivity index (χ4n) is 1.93. The van der Waals surface area contributed by atoms with E-state index < -0.39 is 5.91 Å². The molecule has 122 valence electrons. The number of benzene rings is 2. The molecule has 0 unspecified atom stereocenters. The maximum absolute atomic E-state index is 11.4. The maximum atomic E-state index is 11.4. The summed E-state index contributed by atoms with van der Waals surface area (Å²) in [7, 11) is 0. The molecule has 0 radical (unpaired) electrons. The Bertz CT molecular complexity index is 658. The Labute approximate surface area is 139 Å². The second-order valence-electron chi connectivity index (χ2n) is 4.61. The normalized spacial score (nSPS) is 10.2. The number of hydrogen-bond acceptors (Lipinski definition) is 4. The van der Waals surface area contributed by atoms with Crippen LogP contribution in [0.25, 0.3) is 0 Å². The Morgan fingerprint density at radius 3 is 2.22 bits per heavy atom. The van der Waals surface area contributed by atoms with Gasteiger partial charge in [0.15, 0.2) is 0 Å². The molecular formula is C17H18ClNO4. The summed E-state index contributed by atoms with van der Waals surface area (Å²) in [6, 6.07) is 12.0. The number of amides is 1. The molecule has 0 aliphatic rings. The average Bonchev–Trinajstić information content (AvgIpc) is 2.54. The first-order chi connectivity index (χ1) is 11.1. The van der Waals surface area contributed by atoms with Crippen molar-refractivity contribution in [2.75, 3.05) is 19.8 Å². The molecule has 0 heterocycles. The molecule has 2 aromatic carbocycles. The van der Waals surface area contributed by atoms with Crippen LogP contribution in [0.3, 0.4) is 0 Å². The molecule has 5 nitrogen and oxygen atoms in total. The number of halogens is 1. The number of primary amides is 1. The first-order valence-corrected chi connectivity index (χ1v) is 7.55. The van der Waals surface area contributed by atoms with Gasteiger partial charge in [0.1, 0.15) is 30.5 Å². The minimum atomic E-state index is -0.588. The molecule has 2 aromatic rings. The molecule has 0 aliphatic carbocycles. The van der Waals surface area contributed by atoms with E-state index in [9.17, 15) is 4.79 Å². The van der Waals surface area contributed by atoms with E-state index in [4.69, 9.17) is 31.5 Å². The second kappa shape index (κ2) is 8.29. The van der Waals surface area contributed by atoms with E-state index in [-0.39, 0.29) is 12.2 Å². The maximum Gasteiger partial charge on any atom is 0.252 e.